The van der Waals surface area contributed by atoms with Gasteiger partial charge in [-0.05, 0) is 41.8 Å². The van der Waals surface area contributed by atoms with Crippen molar-refractivity contribution in [1.29, 1.82) is 0 Å². The second-order valence-electron chi connectivity index (χ2n) is 5.75. The van der Waals surface area contributed by atoms with Gasteiger partial charge in [0.05, 0.1) is 4.90 Å². The Hall–Kier alpha value is -2.68. The van der Waals surface area contributed by atoms with E-state index < -0.39 is 28.5 Å². The second kappa shape index (κ2) is 10.0. The molecule has 7 nitrogen and oxygen atoms in total. The molecule has 0 aromatic heterocycles. The molecule has 3 N–H and O–H groups in total. The van der Waals surface area contributed by atoms with Gasteiger partial charge >= 0.3 is 5.97 Å². The molecule has 148 valence electrons. The molecule has 0 atom stereocenters. The summed E-state index contributed by atoms with van der Waals surface area (Å²) >= 11 is 5.97. The molecule has 0 fully saturated rings. The molecule has 0 spiro atoms. The summed E-state index contributed by atoms with van der Waals surface area (Å²) < 4.78 is 27.2. The highest BCUT2D eigenvalue weighted by Gasteiger charge is 2.08. The molecule has 0 unspecified atom stereocenters. The summed E-state index contributed by atoms with van der Waals surface area (Å²) in [7, 11) is -3.73. The topological polar surface area (TPSA) is 116 Å². The minimum atomic E-state index is -3.73. The second-order valence-corrected chi connectivity index (χ2v) is 7.72. The van der Waals surface area contributed by atoms with Gasteiger partial charge in [0.1, 0.15) is 0 Å². The Bertz CT molecular complexity index is 972. The number of carbonyl (C=O) groups is 2. The van der Waals surface area contributed by atoms with Crippen LogP contribution < -0.4 is 10.5 Å². The summed E-state index contributed by atoms with van der Waals surface area (Å²) in [6.45, 7) is -0.101. The van der Waals surface area contributed by atoms with Crippen LogP contribution in [0.1, 0.15) is 11.1 Å². The van der Waals surface area contributed by atoms with Crippen molar-refractivity contribution in [2.45, 2.75) is 11.3 Å². The number of esters is 1. The van der Waals surface area contributed by atoms with Crippen LogP contribution in [0.15, 0.2) is 59.5 Å². The third kappa shape index (κ3) is 7.15. The van der Waals surface area contributed by atoms with Crippen LogP contribution in [-0.4, -0.2) is 33.4 Å². The molecule has 0 bridgehead atoms. The van der Waals surface area contributed by atoms with Gasteiger partial charge in [-0.15, -0.1) is 0 Å². The predicted octanol–water partition coefficient (Wildman–Crippen LogP) is 1.90. The molecule has 1 amide bonds. The third-order valence-corrected chi connectivity index (χ3v) is 4.91. The lowest BCUT2D eigenvalue weighted by Crippen LogP contribution is -2.30. The Morgan fingerprint density at radius 3 is 2.43 bits per heavy atom. The zero-order chi connectivity index (χ0) is 20.6. The lowest BCUT2D eigenvalue weighted by molar-refractivity contribution is -0.143. The number of carbonyl (C=O) groups excluding carboxylic acids is 2. The maximum Gasteiger partial charge on any atom is 0.331 e. The smallest absolute Gasteiger partial charge is 0.331 e. The minimum Gasteiger partial charge on any atom is -0.452 e. The Morgan fingerprint density at radius 1 is 1.11 bits per heavy atom. The fourth-order valence-corrected chi connectivity index (χ4v) is 2.91. The maximum absolute atomic E-state index is 11.7. The van der Waals surface area contributed by atoms with Crippen LogP contribution in [0.2, 0.25) is 5.02 Å². The van der Waals surface area contributed by atoms with E-state index in [0.717, 1.165) is 5.56 Å². The number of nitrogens with two attached hydrogens (primary N) is 1. The Kier molecular flexibility index (Phi) is 7.74. The van der Waals surface area contributed by atoms with Crippen molar-refractivity contribution in [3.8, 4) is 0 Å². The molecule has 9 heteroatoms. The largest absolute Gasteiger partial charge is 0.452 e. The van der Waals surface area contributed by atoms with Crippen molar-refractivity contribution in [2.75, 3.05) is 13.2 Å². The molecule has 0 aliphatic heterocycles. The summed E-state index contributed by atoms with van der Waals surface area (Å²) in [5.41, 5.74) is 1.49. The van der Waals surface area contributed by atoms with Crippen LogP contribution in [0.3, 0.4) is 0 Å². The quantitative estimate of drug-likeness (QED) is 0.498. The zero-order valence-electron chi connectivity index (χ0n) is 14.8. The summed E-state index contributed by atoms with van der Waals surface area (Å²) in [4.78, 5) is 23.4. The van der Waals surface area contributed by atoms with Crippen molar-refractivity contribution in [2.24, 2.45) is 5.14 Å². The number of halogens is 1. The molecule has 2 aromatic carbocycles. The van der Waals surface area contributed by atoms with E-state index in [4.69, 9.17) is 21.5 Å². The molecule has 0 aliphatic rings. The number of ether oxygens (including phenoxy) is 1. The molecule has 2 rings (SSSR count). The summed E-state index contributed by atoms with van der Waals surface area (Å²) in [6, 6.07) is 13.0. The van der Waals surface area contributed by atoms with Gasteiger partial charge in [0, 0.05) is 17.6 Å². The molecular formula is C19H19ClN2O5S. The van der Waals surface area contributed by atoms with Crippen LogP contribution in [0, 0.1) is 0 Å². The van der Waals surface area contributed by atoms with Crippen LogP contribution >= 0.6 is 11.6 Å². The van der Waals surface area contributed by atoms with Crippen LogP contribution in [-0.2, 0) is 30.8 Å². The minimum absolute atomic E-state index is 0.0250. The number of benzene rings is 2. The van der Waals surface area contributed by atoms with Crippen LogP contribution in [0.25, 0.3) is 6.08 Å². The summed E-state index contributed by atoms with van der Waals surface area (Å²) in [5, 5.41) is 8.14. The van der Waals surface area contributed by atoms with E-state index in [0.29, 0.717) is 23.6 Å². The first-order chi connectivity index (χ1) is 13.3. The Morgan fingerprint density at radius 2 is 1.79 bits per heavy atom. The van der Waals surface area contributed by atoms with Gasteiger partial charge in [0.25, 0.3) is 5.91 Å². The average Bonchev–Trinajstić information content (AvgIpc) is 2.65. The third-order valence-electron chi connectivity index (χ3n) is 3.64. The van der Waals surface area contributed by atoms with Gasteiger partial charge in [-0.2, -0.15) is 0 Å². The highest BCUT2D eigenvalue weighted by atomic mass is 35.5. The highest BCUT2D eigenvalue weighted by molar-refractivity contribution is 7.89. The molecule has 0 saturated carbocycles. The molecular weight excluding hydrogens is 404 g/mol. The summed E-state index contributed by atoms with van der Waals surface area (Å²) in [6.07, 6.45) is 3.19. The van der Waals surface area contributed by atoms with E-state index >= 15 is 0 Å². The number of hydrogen-bond donors (Lipinski definition) is 2. The van der Waals surface area contributed by atoms with E-state index in [1.54, 1.807) is 36.4 Å². The Labute approximate surface area is 168 Å². The van der Waals surface area contributed by atoms with Crippen molar-refractivity contribution in [1.82, 2.24) is 5.32 Å². The predicted molar refractivity (Wildman–Crippen MR) is 106 cm³/mol. The fraction of sp³-hybridized carbons (Fsp3) is 0.158. The van der Waals surface area contributed by atoms with Crippen molar-refractivity contribution in [3.63, 3.8) is 0 Å². The number of primary sulfonamides is 1. The van der Waals surface area contributed by atoms with E-state index in [-0.39, 0.29) is 4.90 Å². The fourth-order valence-electron chi connectivity index (χ4n) is 2.20. The van der Waals surface area contributed by atoms with E-state index in [2.05, 4.69) is 5.32 Å². The number of sulfonamides is 1. The lowest BCUT2D eigenvalue weighted by Gasteiger charge is -2.06. The van der Waals surface area contributed by atoms with Gasteiger partial charge in [0.15, 0.2) is 6.61 Å². The van der Waals surface area contributed by atoms with Gasteiger partial charge < -0.3 is 10.1 Å². The van der Waals surface area contributed by atoms with Crippen LogP contribution in [0.5, 0.6) is 0 Å². The van der Waals surface area contributed by atoms with Crippen LogP contribution in [0.4, 0.5) is 0 Å². The van der Waals surface area contributed by atoms with Crippen molar-refractivity contribution < 1.29 is 22.7 Å². The number of nitrogens with one attached hydrogen (secondary N) is 1. The van der Waals surface area contributed by atoms with Gasteiger partial charge in [-0.1, -0.05) is 41.9 Å². The van der Waals surface area contributed by atoms with Crippen molar-refractivity contribution in [3.05, 3.63) is 70.8 Å². The molecule has 0 saturated heterocycles. The van der Waals surface area contributed by atoms with Gasteiger partial charge in [-0.3, -0.25) is 4.79 Å². The van der Waals surface area contributed by atoms with Gasteiger partial charge in [-0.25, -0.2) is 18.4 Å². The first kappa shape index (κ1) is 21.6. The van der Waals surface area contributed by atoms with E-state index in [1.807, 2.05) is 0 Å². The SMILES string of the molecule is NS(=O)(=O)c1ccc(CCNC(=O)COC(=O)C=Cc2ccccc2Cl)cc1. The molecule has 0 heterocycles. The first-order valence-electron chi connectivity index (χ1n) is 8.23. The standard InChI is InChI=1S/C19H19ClN2O5S/c20-17-4-2-1-3-15(17)7-10-19(24)27-13-18(23)22-12-11-14-5-8-16(9-6-14)28(21,25)26/h1-10H,11-13H2,(H,22,23)(H2,21,25,26). The normalized spacial score (nSPS) is 11.4. The first-order valence-corrected chi connectivity index (χ1v) is 10.2. The van der Waals surface area contributed by atoms with Crippen molar-refractivity contribution >= 4 is 39.6 Å². The van der Waals surface area contributed by atoms with Gasteiger partial charge in [0.2, 0.25) is 10.0 Å². The molecule has 0 radical (unpaired) electrons. The zero-order valence-corrected chi connectivity index (χ0v) is 16.4. The summed E-state index contributed by atoms with van der Waals surface area (Å²) in [5.74, 6) is -1.10. The molecule has 28 heavy (non-hydrogen) atoms. The number of rotatable bonds is 8. The average molecular weight is 423 g/mol. The molecule has 2 aromatic rings. The van der Waals surface area contributed by atoms with E-state index in [9.17, 15) is 18.0 Å². The molecule has 0 aliphatic carbocycles. The van der Waals surface area contributed by atoms with E-state index in [1.165, 1.54) is 24.3 Å². The lowest BCUT2D eigenvalue weighted by atomic mass is 10.1. The Balaban J connectivity index is 1.71. The number of amides is 1. The highest BCUT2D eigenvalue weighted by Crippen LogP contribution is 2.16. The number of hydrogen-bond acceptors (Lipinski definition) is 5. The monoisotopic (exact) mass is 422 g/mol. The maximum atomic E-state index is 11.7.